The third kappa shape index (κ3) is 4.90. The van der Waals surface area contributed by atoms with Crippen molar-refractivity contribution in [1.82, 2.24) is 19.7 Å². The SMILES string of the molecule is CCc1ccccc1N(C(C)=O)c1nc(CSc2nnc(Cc3cccs3)n2C2CC2)cs1. The fourth-order valence-electron chi connectivity index (χ4n) is 3.83. The summed E-state index contributed by atoms with van der Waals surface area (Å²) in [6.07, 6.45) is 4.06. The number of amides is 1. The Bertz CT molecular complexity index is 1240. The third-order valence-electron chi connectivity index (χ3n) is 5.57. The highest BCUT2D eigenvalue weighted by atomic mass is 32.2. The van der Waals surface area contributed by atoms with Crippen molar-refractivity contribution in [2.75, 3.05) is 4.90 Å². The van der Waals surface area contributed by atoms with Crippen molar-refractivity contribution in [3.8, 4) is 0 Å². The second-order valence-corrected chi connectivity index (χ2v) is 10.8. The molecular weight excluding hydrogens is 470 g/mol. The monoisotopic (exact) mass is 495 g/mol. The van der Waals surface area contributed by atoms with Crippen LogP contribution in [0.3, 0.4) is 0 Å². The van der Waals surface area contributed by atoms with E-state index in [-0.39, 0.29) is 5.91 Å². The molecule has 0 spiro atoms. The van der Waals surface area contributed by atoms with E-state index in [2.05, 4.69) is 45.3 Å². The Hall–Kier alpha value is -2.49. The molecule has 3 aromatic heterocycles. The standard InChI is InChI=1S/C24H25N5OS3/c1-3-17-7-4-5-9-21(17)28(16(2)30)23-25-18(14-32-23)15-33-24-27-26-22(29(24)19-10-11-19)13-20-8-6-12-31-20/h4-9,12,14,19H,3,10-11,13,15H2,1-2H3. The first kappa shape index (κ1) is 22.3. The number of thiazole rings is 1. The molecule has 0 bridgehead atoms. The van der Waals surface area contributed by atoms with Gasteiger partial charge in [-0.1, -0.05) is 43.0 Å². The average molecular weight is 496 g/mol. The van der Waals surface area contributed by atoms with Crippen LogP contribution in [0.5, 0.6) is 0 Å². The molecule has 1 amide bonds. The normalized spacial score (nSPS) is 13.4. The highest BCUT2D eigenvalue weighted by Gasteiger charge is 2.30. The first-order valence-electron chi connectivity index (χ1n) is 11.1. The van der Waals surface area contributed by atoms with Gasteiger partial charge in [0, 0.05) is 35.4 Å². The van der Waals surface area contributed by atoms with E-state index in [0.29, 0.717) is 16.9 Å². The summed E-state index contributed by atoms with van der Waals surface area (Å²) in [5.74, 6) is 1.71. The number of rotatable bonds is 9. The second-order valence-electron chi connectivity index (χ2n) is 8.00. The molecule has 0 radical (unpaired) electrons. The fourth-order valence-corrected chi connectivity index (χ4v) is 6.44. The first-order valence-corrected chi connectivity index (χ1v) is 13.8. The molecule has 1 aliphatic carbocycles. The molecule has 4 aromatic rings. The second kappa shape index (κ2) is 9.79. The number of nitrogens with zero attached hydrogens (tertiary/aromatic N) is 5. The predicted molar refractivity (Wildman–Crippen MR) is 136 cm³/mol. The maximum absolute atomic E-state index is 12.5. The van der Waals surface area contributed by atoms with Crippen molar-refractivity contribution in [1.29, 1.82) is 0 Å². The molecule has 5 rings (SSSR count). The van der Waals surface area contributed by atoms with E-state index < -0.39 is 0 Å². The maximum Gasteiger partial charge on any atom is 0.230 e. The van der Waals surface area contributed by atoms with Gasteiger partial charge in [-0.15, -0.1) is 32.9 Å². The van der Waals surface area contributed by atoms with Crippen molar-refractivity contribution in [3.05, 3.63) is 69.1 Å². The minimum absolute atomic E-state index is 0.0313. The summed E-state index contributed by atoms with van der Waals surface area (Å²) in [4.78, 5) is 20.4. The van der Waals surface area contributed by atoms with Gasteiger partial charge in [0.05, 0.1) is 11.4 Å². The zero-order chi connectivity index (χ0) is 22.8. The van der Waals surface area contributed by atoms with Gasteiger partial charge in [0.1, 0.15) is 5.82 Å². The van der Waals surface area contributed by atoms with Crippen LogP contribution in [-0.4, -0.2) is 25.7 Å². The van der Waals surface area contributed by atoms with Crippen molar-refractivity contribution in [2.24, 2.45) is 0 Å². The minimum atomic E-state index is -0.0313. The lowest BCUT2D eigenvalue weighted by molar-refractivity contribution is -0.115. The van der Waals surface area contributed by atoms with Crippen LogP contribution in [-0.2, 0) is 23.4 Å². The Morgan fingerprint density at radius 2 is 2.03 bits per heavy atom. The summed E-state index contributed by atoms with van der Waals surface area (Å²) >= 11 is 4.94. The number of thiophene rings is 1. The lowest BCUT2D eigenvalue weighted by Crippen LogP contribution is -2.23. The molecule has 3 heterocycles. The molecule has 0 unspecified atom stereocenters. The van der Waals surface area contributed by atoms with E-state index in [9.17, 15) is 4.79 Å². The summed E-state index contributed by atoms with van der Waals surface area (Å²) in [7, 11) is 0. The van der Waals surface area contributed by atoms with Gasteiger partial charge in [-0.25, -0.2) is 4.98 Å². The fraction of sp³-hybridized carbons (Fsp3) is 0.333. The summed E-state index contributed by atoms with van der Waals surface area (Å²) in [5.41, 5.74) is 2.99. The topological polar surface area (TPSA) is 63.9 Å². The summed E-state index contributed by atoms with van der Waals surface area (Å²) < 4.78 is 2.32. The molecule has 33 heavy (non-hydrogen) atoms. The lowest BCUT2D eigenvalue weighted by Gasteiger charge is -2.20. The largest absolute Gasteiger partial charge is 0.303 e. The van der Waals surface area contributed by atoms with Crippen molar-refractivity contribution in [2.45, 2.75) is 56.5 Å². The van der Waals surface area contributed by atoms with E-state index in [1.54, 1.807) is 34.9 Å². The van der Waals surface area contributed by atoms with Gasteiger partial charge in [-0.05, 0) is 42.3 Å². The van der Waals surface area contributed by atoms with E-state index >= 15 is 0 Å². The molecule has 0 aliphatic heterocycles. The number of para-hydroxylation sites is 1. The van der Waals surface area contributed by atoms with Crippen LogP contribution in [0.25, 0.3) is 0 Å². The summed E-state index contributed by atoms with van der Waals surface area (Å²) in [6, 6.07) is 12.8. The number of aromatic nitrogens is 4. The van der Waals surface area contributed by atoms with Gasteiger partial charge in [0.15, 0.2) is 10.3 Å². The number of aryl methyl sites for hydroxylation is 1. The third-order valence-corrected chi connectivity index (χ3v) is 8.30. The number of thioether (sulfide) groups is 1. The van der Waals surface area contributed by atoms with Gasteiger partial charge in [0.2, 0.25) is 5.91 Å². The summed E-state index contributed by atoms with van der Waals surface area (Å²) in [6.45, 7) is 3.69. The van der Waals surface area contributed by atoms with Gasteiger partial charge in [0.25, 0.3) is 0 Å². The zero-order valence-corrected chi connectivity index (χ0v) is 21.1. The van der Waals surface area contributed by atoms with Gasteiger partial charge in [-0.3, -0.25) is 9.69 Å². The van der Waals surface area contributed by atoms with Gasteiger partial charge < -0.3 is 4.57 Å². The van der Waals surface area contributed by atoms with E-state index in [1.807, 2.05) is 23.6 Å². The number of hydrogen-bond acceptors (Lipinski definition) is 7. The molecule has 0 atom stereocenters. The molecule has 0 N–H and O–H groups in total. The molecule has 1 fully saturated rings. The van der Waals surface area contributed by atoms with Crippen LogP contribution in [0.15, 0.2) is 52.3 Å². The number of anilines is 2. The van der Waals surface area contributed by atoms with Crippen LogP contribution in [0.1, 0.15) is 54.7 Å². The molecule has 1 aromatic carbocycles. The van der Waals surface area contributed by atoms with Crippen molar-refractivity contribution < 1.29 is 4.79 Å². The van der Waals surface area contributed by atoms with Crippen LogP contribution >= 0.6 is 34.4 Å². The Morgan fingerprint density at radius 3 is 2.76 bits per heavy atom. The van der Waals surface area contributed by atoms with E-state index in [1.165, 1.54) is 29.1 Å². The Labute approximate surface area is 205 Å². The molecule has 170 valence electrons. The number of hydrogen-bond donors (Lipinski definition) is 0. The van der Waals surface area contributed by atoms with Gasteiger partial charge in [-0.2, -0.15) is 0 Å². The predicted octanol–water partition coefficient (Wildman–Crippen LogP) is 6.26. The van der Waals surface area contributed by atoms with Crippen LogP contribution < -0.4 is 4.90 Å². The molecule has 9 heteroatoms. The zero-order valence-electron chi connectivity index (χ0n) is 18.6. The number of benzene rings is 1. The maximum atomic E-state index is 12.5. The average Bonchev–Trinajstić information content (AvgIpc) is 3.17. The van der Waals surface area contributed by atoms with Crippen molar-refractivity contribution in [3.63, 3.8) is 0 Å². The lowest BCUT2D eigenvalue weighted by atomic mass is 10.1. The smallest absolute Gasteiger partial charge is 0.230 e. The molecule has 6 nitrogen and oxygen atoms in total. The highest BCUT2D eigenvalue weighted by molar-refractivity contribution is 7.98. The van der Waals surface area contributed by atoms with Crippen LogP contribution in [0.4, 0.5) is 10.8 Å². The summed E-state index contributed by atoms with van der Waals surface area (Å²) in [5, 5.41) is 14.8. The van der Waals surface area contributed by atoms with Gasteiger partial charge >= 0.3 is 0 Å². The van der Waals surface area contributed by atoms with Crippen molar-refractivity contribution >= 4 is 51.2 Å². The molecule has 0 saturated heterocycles. The Balaban J connectivity index is 1.33. The van der Waals surface area contributed by atoms with Crippen LogP contribution in [0, 0.1) is 0 Å². The first-order chi connectivity index (χ1) is 16.1. The van der Waals surface area contributed by atoms with E-state index in [4.69, 9.17) is 4.98 Å². The highest BCUT2D eigenvalue weighted by Crippen LogP contribution is 2.40. The number of carbonyl (C=O) groups excluding carboxylic acids is 1. The number of carbonyl (C=O) groups is 1. The van der Waals surface area contributed by atoms with Crippen LogP contribution in [0.2, 0.25) is 0 Å². The van der Waals surface area contributed by atoms with E-state index in [0.717, 1.165) is 40.8 Å². The molecular formula is C24H25N5OS3. The Morgan fingerprint density at radius 1 is 1.18 bits per heavy atom. The molecule has 1 aliphatic rings. The molecule has 1 saturated carbocycles. The Kier molecular flexibility index (Phi) is 6.62. The minimum Gasteiger partial charge on any atom is -0.303 e. The quantitative estimate of drug-likeness (QED) is 0.256.